The number of carbonyl (C=O) groups is 2. The van der Waals surface area contributed by atoms with Crippen LogP contribution in [0, 0.1) is 23.0 Å². The van der Waals surface area contributed by atoms with Gasteiger partial charge in [-0.05, 0) is 37.3 Å². The molecule has 0 bridgehead atoms. The number of likely N-dealkylation sites (tertiary alicyclic amines) is 1. The van der Waals surface area contributed by atoms with Crippen molar-refractivity contribution in [1.29, 1.82) is 0 Å². The normalized spacial score (nSPS) is 15.6. The fourth-order valence-electron chi connectivity index (χ4n) is 2.74. The van der Waals surface area contributed by atoms with Crippen molar-refractivity contribution >= 4 is 17.6 Å². The van der Waals surface area contributed by atoms with Crippen LogP contribution in [0.1, 0.15) is 35.2 Å². The first-order valence-corrected chi connectivity index (χ1v) is 7.14. The largest absolute Gasteiger partial charge is 0.481 e. The number of nitro groups is 1. The average Bonchev–Trinajstić information content (AvgIpc) is 2.46. The fraction of sp³-hybridized carbons (Fsp3) is 0.467. The van der Waals surface area contributed by atoms with Gasteiger partial charge in [-0.2, -0.15) is 0 Å². The quantitative estimate of drug-likeness (QED) is 0.679. The molecule has 1 heterocycles. The number of benzene rings is 1. The molecule has 2 rings (SSSR count). The topological polar surface area (TPSA) is 101 Å². The number of aryl methyl sites for hydroxylation is 1. The van der Waals surface area contributed by atoms with Crippen LogP contribution in [0.2, 0.25) is 0 Å². The van der Waals surface area contributed by atoms with Crippen molar-refractivity contribution in [1.82, 2.24) is 4.90 Å². The highest BCUT2D eigenvalue weighted by molar-refractivity contribution is 5.98. The van der Waals surface area contributed by atoms with Gasteiger partial charge in [0.1, 0.15) is 5.56 Å². The van der Waals surface area contributed by atoms with Crippen molar-refractivity contribution in [2.75, 3.05) is 13.1 Å². The van der Waals surface area contributed by atoms with Crippen LogP contribution >= 0.6 is 0 Å². The highest BCUT2D eigenvalue weighted by atomic mass is 16.6. The minimum Gasteiger partial charge on any atom is -0.481 e. The van der Waals surface area contributed by atoms with Gasteiger partial charge in [0.15, 0.2) is 0 Å². The van der Waals surface area contributed by atoms with Crippen LogP contribution in [0.15, 0.2) is 18.2 Å². The molecule has 1 aromatic carbocycles. The van der Waals surface area contributed by atoms with Gasteiger partial charge in [-0.25, -0.2) is 0 Å². The Morgan fingerprint density at radius 1 is 1.36 bits per heavy atom. The molecule has 1 N–H and O–H groups in total. The molecule has 1 aliphatic rings. The molecule has 0 saturated carbocycles. The van der Waals surface area contributed by atoms with Crippen molar-refractivity contribution in [3.8, 4) is 0 Å². The summed E-state index contributed by atoms with van der Waals surface area (Å²) in [7, 11) is 0. The van der Waals surface area contributed by atoms with Crippen molar-refractivity contribution in [3.63, 3.8) is 0 Å². The Morgan fingerprint density at radius 3 is 2.55 bits per heavy atom. The van der Waals surface area contributed by atoms with Gasteiger partial charge in [0.25, 0.3) is 11.6 Å². The zero-order valence-corrected chi connectivity index (χ0v) is 12.3. The molecule has 0 spiro atoms. The first-order chi connectivity index (χ1) is 10.4. The number of hydrogen-bond donors (Lipinski definition) is 1. The molecular formula is C15H18N2O5. The summed E-state index contributed by atoms with van der Waals surface area (Å²) in [6, 6.07) is 4.48. The summed E-state index contributed by atoms with van der Waals surface area (Å²) in [6.07, 6.45) is 1.32. The molecular weight excluding hydrogens is 288 g/mol. The summed E-state index contributed by atoms with van der Waals surface area (Å²) in [5.41, 5.74) is 0.694. The number of piperidine rings is 1. The smallest absolute Gasteiger partial charge is 0.303 e. The molecule has 7 nitrogen and oxygen atoms in total. The number of carboxylic acids is 1. The standard InChI is InChI=1S/C15H18N2O5/c1-10-2-3-13(17(21)22)12(8-10)15(20)16-6-4-11(5-7-16)9-14(18)19/h2-3,8,11H,4-7,9H2,1H3,(H,18,19). The molecule has 1 fully saturated rings. The number of nitrogens with zero attached hydrogens (tertiary/aromatic N) is 2. The van der Waals surface area contributed by atoms with E-state index in [1.54, 1.807) is 17.9 Å². The van der Waals surface area contributed by atoms with Crippen molar-refractivity contribution in [3.05, 3.63) is 39.4 Å². The first kappa shape index (κ1) is 15.9. The lowest BCUT2D eigenvalue weighted by molar-refractivity contribution is -0.385. The summed E-state index contributed by atoms with van der Waals surface area (Å²) in [4.78, 5) is 35.3. The number of nitro benzene ring substituents is 1. The minimum absolute atomic E-state index is 0.0639. The maximum Gasteiger partial charge on any atom is 0.303 e. The average molecular weight is 306 g/mol. The second kappa shape index (κ2) is 6.55. The van der Waals surface area contributed by atoms with Crippen molar-refractivity contribution in [2.45, 2.75) is 26.2 Å². The molecule has 1 aliphatic heterocycles. The number of aliphatic carboxylic acids is 1. The minimum atomic E-state index is -0.834. The van der Waals surface area contributed by atoms with Crippen molar-refractivity contribution in [2.24, 2.45) is 5.92 Å². The second-order valence-electron chi connectivity index (χ2n) is 5.61. The SMILES string of the molecule is Cc1ccc([N+](=O)[O-])c(C(=O)N2CCC(CC(=O)O)CC2)c1. The van der Waals surface area contributed by atoms with Gasteiger partial charge in [-0.3, -0.25) is 19.7 Å². The number of carboxylic acid groups (broad SMARTS) is 1. The number of amides is 1. The van der Waals surface area contributed by atoms with Gasteiger partial charge >= 0.3 is 5.97 Å². The third kappa shape index (κ3) is 3.60. The molecule has 118 valence electrons. The van der Waals surface area contributed by atoms with Crippen LogP contribution < -0.4 is 0 Å². The lowest BCUT2D eigenvalue weighted by Gasteiger charge is -2.31. The maximum absolute atomic E-state index is 12.5. The van der Waals surface area contributed by atoms with Crippen LogP contribution in [-0.4, -0.2) is 39.9 Å². The third-order valence-electron chi connectivity index (χ3n) is 3.94. The van der Waals surface area contributed by atoms with Crippen LogP contribution in [0.25, 0.3) is 0 Å². The van der Waals surface area contributed by atoms with E-state index in [2.05, 4.69) is 0 Å². The van der Waals surface area contributed by atoms with Crippen LogP contribution in [-0.2, 0) is 4.79 Å². The Hall–Kier alpha value is -2.44. The molecule has 1 saturated heterocycles. The van der Waals surface area contributed by atoms with E-state index in [-0.39, 0.29) is 29.5 Å². The number of carbonyl (C=O) groups excluding carboxylic acids is 1. The fourth-order valence-corrected chi connectivity index (χ4v) is 2.74. The van der Waals surface area contributed by atoms with E-state index >= 15 is 0 Å². The van der Waals surface area contributed by atoms with Gasteiger partial charge in [0, 0.05) is 25.6 Å². The molecule has 0 atom stereocenters. The van der Waals surface area contributed by atoms with E-state index < -0.39 is 10.9 Å². The third-order valence-corrected chi connectivity index (χ3v) is 3.94. The Kier molecular flexibility index (Phi) is 4.75. The Bertz CT molecular complexity index is 606. The Labute approximate surface area is 127 Å². The van der Waals surface area contributed by atoms with E-state index in [1.807, 2.05) is 0 Å². The zero-order chi connectivity index (χ0) is 16.3. The van der Waals surface area contributed by atoms with Crippen LogP contribution in [0.4, 0.5) is 5.69 Å². The maximum atomic E-state index is 12.5. The summed E-state index contributed by atoms with van der Waals surface area (Å²) < 4.78 is 0. The second-order valence-corrected chi connectivity index (χ2v) is 5.61. The van der Waals surface area contributed by atoms with Gasteiger partial charge in [-0.1, -0.05) is 6.07 Å². The van der Waals surface area contributed by atoms with Crippen molar-refractivity contribution < 1.29 is 19.6 Å². The molecule has 7 heteroatoms. The molecule has 1 amide bonds. The molecule has 0 aromatic heterocycles. The monoisotopic (exact) mass is 306 g/mol. The Balaban J connectivity index is 2.12. The van der Waals surface area contributed by atoms with E-state index in [4.69, 9.17) is 5.11 Å². The van der Waals surface area contributed by atoms with Gasteiger partial charge < -0.3 is 10.0 Å². The van der Waals surface area contributed by atoms with Gasteiger partial charge in [0.05, 0.1) is 4.92 Å². The summed E-state index contributed by atoms with van der Waals surface area (Å²) in [6.45, 7) is 2.64. The predicted octanol–water partition coefficient (Wildman–Crippen LogP) is 2.23. The number of hydrogen-bond acceptors (Lipinski definition) is 4. The number of rotatable bonds is 4. The van der Waals surface area contributed by atoms with Gasteiger partial charge in [0.2, 0.25) is 0 Å². The summed E-state index contributed by atoms with van der Waals surface area (Å²) >= 11 is 0. The molecule has 0 unspecified atom stereocenters. The zero-order valence-electron chi connectivity index (χ0n) is 12.3. The van der Waals surface area contributed by atoms with E-state index in [1.165, 1.54) is 12.1 Å². The van der Waals surface area contributed by atoms with Crippen LogP contribution in [0.3, 0.4) is 0 Å². The highest BCUT2D eigenvalue weighted by Gasteiger charge is 2.28. The van der Waals surface area contributed by atoms with E-state index in [9.17, 15) is 19.7 Å². The molecule has 22 heavy (non-hydrogen) atoms. The first-order valence-electron chi connectivity index (χ1n) is 7.14. The van der Waals surface area contributed by atoms with E-state index in [0.29, 0.717) is 25.9 Å². The Morgan fingerprint density at radius 2 is 2.00 bits per heavy atom. The molecule has 1 aromatic rings. The van der Waals surface area contributed by atoms with Crippen LogP contribution in [0.5, 0.6) is 0 Å². The molecule has 0 aliphatic carbocycles. The summed E-state index contributed by atoms with van der Waals surface area (Å²) in [5.74, 6) is -1.13. The summed E-state index contributed by atoms with van der Waals surface area (Å²) in [5, 5.41) is 19.9. The molecule has 0 radical (unpaired) electrons. The van der Waals surface area contributed by atoms with Gasteiger partial charge in [-0.15, -0.1) is 0 Å². The lowest BCUT2D eigenvalue weighted by Crippen LogP contribution is -2.39. The predicted molar refractivity (Wildman–Crippen MR) is 78.7 cm³/mol. The lowest BCUT2D eigenvalue weighted by atomic mass is 9.93. The van der Waals surface area contributed by atoms with E-state index in [0.717, 1.165) is 5.56 Å². The highest BCUT2D eigenvalue weighted by Crippen LogP contribution is 2.25.